The van der Waals surface area contributed by atoms with Gasteiger partial charge >= 0.3 is 0 Å². The third-order valence-electron chi connectivity index (χ3n) is 3.30. The van der Waals surface area contributed by atoms with Crippen molar-refractivity contribution >= 4 is 0 Å². The average molecular weight is 221 g/mol. The van der Waals surface area contributed by atoms with E-state index in [-0.39, 0.29) is 18.1 Å². The number of aromatic nitrogens is 1. The zero-order chi connectivity index (χ0) is 11.4. The van der Waals surface area contributed by atoms with E-state index in [2.05, 4.69) is 11.9 Å². The van der Waals surface area contributed by atoms with Crippen molar-refractivity contribution in [1.82, 2.24) is 4.98 Å². The largest absolute Gasteiger partial charge is 0.392 e. The number of pyridine rings is 1. The van der Waals surface area contributed by atoms with E-state index < -0.39 is 0 Å². The van der Waals surface area contributed by atoms with E-state index in [0.29, 0.717) is 6.42 Å². The predicted octanol–water partition coefficient (Wildman–Crippen LogP) is 1.80. The molecule has 0 aromatic carbocycles. The van der Waals surface area contributed by atoms with Crippen molar-refractivity contribution in [3.63, 3.8) is 0 Å². The van der Waals surface area contributed by atoms with Crippen LogP contribution in [0.2, 0.25) is 0 Å². The highest BCUT2D eigenvalue weighted by Crippen LogP contribution is 2.27. The summed E-state index contributed by atoms with van der Waals surface area (Å²) in [5, 5.41) is 10.2. The quantitative estimate of drug-likeness (QED) is 0.843. The summed E-state index contributed by atoms with van der Waals surface area (Å²) >= 11 is 0. The third kappa shape index (κ3) is 2.60. The van der Waals surface area contributed by atoms with E-state index in [9.17, 15) is 5.11 Å². The minimum Gasteiger partial charge on any atom is -0.392 e. The van der Waals surface area contributed by atoms with Crippen molar-refractivity contribution in [2.45, 2.75) is 38.4 Å². The fourth-order valence-electron chi connectivity index (χ4n) is 2.41. The Kier molecular flexibility index (Phi) is 3.91. The van der Waals surface area contributed by atoms with Crippen LogP contribution in [0.25, 0.3) is 0 Å². The van der Waals surface area contributed by atoms with E-state index in [0.717, 1.165) is 25.1 Å². The van der Waals surface area contributed by atoms with Gasteiger partial charge in [0.2, 0.25) is 0 Å². The van der Waals surface area contributed by atoms with Gasteiger partial charge in [-0.05, 0) is 25.0 Å². The van der Waals surface area contributed by atoms with Crippen LogP contribution in [0.4, 0.5) is 0 Å². The first kappa shape index (κ1) is 11.6. The van der Waals surface area contributed by atoms with Gasteiger partial charge in [0, 0.05) is 30.8 Å². The Morgan fingerprint density at radius 2 is 2.44 bits per heavy atom. The maximum absolute atomic E-state index is 10.2. The monoisotopic (exact) mass is 221 g/mol. The van der Waals surface area contributed by atoms with Crippen LogP contribution in [0.15, 0.2) is 24.4 Å². The predicted molar refractivity (Wildman–Crippen MR) is 62.1 cm³/mol. The molecule has 1 saturated heterocycles. The third-order valence-corrected chi connectivity index (χ3v) is 3.30. The van der Waals surface area contributed by atoms with E-state index in [1.54, 1.807) is 6.20 Å². The first-order valence-corrected chi connectivity index (χ1v) is 6.01. The molecule has 0 aliphatic carbocycles. The van der Waals surface area contributed by atoms with Gasteiger partial charge in [-0.1, -0.05) is 13.0 Å². The molecule has 88 valence electrons. The summed E-state index contributed by atoms with van der Waals surface area (Å²) in [5.74, 6) is 0.270. The first-order valence-electron chi connectivity index (χ1n) is 6.01. The SMILES string of the molecule is CCC1OCCC1C(O)Cc1ccccn1. The minimum atomic E-state index is -0.331. The molecule has 16 heavy (non-hydrogen) atoms. The molecule has 2 rings (SSSR count). The summed E-state index contributed by atoms with van der Waals surface area (Å²) in [7, 11) is 0. The summed E-state index contributed by atoms with van der Waals surface area (Å²) in [6, 6.07) is 5.81. The van der Waals surface area contributed by atoms with E-state index in [4.69, 9.17) is 4.74 Å². The molecule has 3 nitrogen and oxygen atoms in total. The minimum absolute atomic E-state index is 0.221. The van der Waals surface area contributed by atoms with Crippen molar-refractivity contribution < 1.29 is 9.84 Å². The molecule has 1 aliphatic heterocycles. The zero-order valence-electron chi connectivity index (χ0n) is 9.67. The van der Waals surface area contributed by atoms with Gasteiger partial charge in [0.15, 0.2) is 0 Å². The summed E-state index contributed by atoms with van der Waals surface area (Å²) < 4.78 is 5.59. The Morgan fingerprint density at radius 3 is 3.12 bits per heavy atom. The molecule has 0 saturated carbocycles. The topological polar surface area (TPSA) is 42.4 Å². The normalized spacial score (nSPS) is 26.9. The van der Waals surface area contributed by atoms with Crippen LogP contribution in [0.3, 0.4) is 0 Å². The molecule has 0 bridgehead atoms. The second-order valence-electron chi connectivity index (χ2n) is 4.36. The average Bonchev–Trinajstić information content (AvgIpc) is 2.78. The lowest BCUT2D eigenvalue weighted by atomic mass is 9.90. The van der Waals surface area contributed by atoms with Crippen molar-refractivity contribution in [2.24, 2.45) is 5.92 Å². The molecule has 1 aliphatic rings. The number of ether oxygens (including phenoxy) is 1. The number of nitrogens with zero attached hydrogens (tertiary/aromatic N) is 1. The molecule has 3 atom stereocenters. The van der Waals surface area contributed by atoms with E-state index >= 15 is 0 Å². The molecular weight excluding hydrogens is 202 g/mol. The summed E-state index contributed by atoms with van der Waals surface area (Å²) in [6.07, 6.45) is 4.23. The van der Waals surface area contributed by atoms with Crippen LogP contribution in [-0.2, 0) is 11.2 Å². The Balaban J connectivity index is 1.95. The lowest BCUT2D eigenvalue weighted by molar-refractivity contribution is 0.0314. The van der Waals surface area contributed by atoms with E-state index in [1.165, 1.54) is 0 Å². The van der Waals surface area contributed by atoms with Gasteiger partial charge in [-0.15, -0.1) is 0 Å². The standard InChI is InChI=1S/C13H19NO2/c1-2-13-11(6-8-16-13)12(15)9-10-5-3-4-7-14-10/h3-5,7,11-13,15H,2,6,8-9H2,1H3. The Morgan fingerprint density at radius 1 is 1.56 bits per heavy atom. The Hall–Kier alpha value is -0.930. The first-order chi connectivity index (χ1) is 7.81. The molecule has 1 fully saturated rings. The van der Waals surface area contributed by atoms with Crippen LogP contribution >= 0.6 is 0 Å². The second-order valence-corrected chi connectivity index (χ2v) is 4.36. The highest BCUT2D eigenvalue weighted by Gasteiger charge is 2.32. The molecule has 0 amide bonds. The molecule has 2 heterocycles. The Labute approximate surface area is 96.5 Å². The van der Waals surface area contributed by atoms with Crippen molar-refractivity contribution in [2.75, 3.05) is 6.61 Å². The highest BCUT2D eigenvalue weighted by molar-refractivity contribution is 5.05. The summed E-state index contributed by atoms with van der Waals surface area (Å²) in [6.45, 7) is 2.89. The highest BCUT2D eigenvalue weighted by atomic mass is 16.5. The number of hydrogen-bond donors (Lipinski definition) is 1. The lowest BCUT2D eigenvalue weighted by Gasteiger charge is -2.22. The summed E-state index contributed by atoms with van der Waals surface area (Å²) in [4.78, 5) is 4.24. The van der Waals surface area contributed by atoms with Crippen LogP contribution < -0.4 is 0 Å². The van der Waals surface area contributed by atoms with Crippen LogP contribution in [0.5, 0.6) is 0 Å². The zero-order valence-corrected chi connectivity index (χ0v) is 9.67. The molecule has 3 unspecified atom stereocenters. The molecule has 1 aromatic rings. The summed E-state index contributed by atoms with van der Waals surface area (Å²) in [5.41, 5.74) is 0.955. The van der Waals surface area contributed by atoms with Gasteiger partial charge in [-0.2, -0.15) is 0 Å². The van der Waals surface area contributed by atoms with Gasteiger partial charge in [-0.25, -0.2) is 0 Å². The fourth-order valence-corrected chi connectivity index (χ4v) is 2.41. The van der Waals surface area contributed by atoms with Gasteiger partial charge in [0.1, 0.15) is 0 Å². The number of rotatable bonds is 4. The molecule has 3 heteroatoms. The smallest absolute Gasteiger partial charge is 0.0649 e. The van der Waals surface area contributed by atoms with Crippen molar-refractivity contribution in [3.8, 4) is 0 Å². The number of aliphatic hydroxyl groups is 1. The van der Waals surface area contributed by atoms with Crippen LogP contribution in [0.1, 0.15) is 25.5 Å². The maximum atomic E-state index is 10.2. The fraction of sp³-hybridized carbons (Fsp3) is 0.615. The van der Waals surface area contributed by atoms with Gasteiger partial charge < -0.3 is 9.84 Å². The van der Waals surface area contributed by atoms with E-state index in [1.807, 2.05) is 18.2 Å². The van der Waals surface area contributed by atoms with Gasteiger partial charge in [-0.3, -0.25) is 4.98 Å². The number of hydrogen-bond acceptors (Lipinski definition) is 3. The van der Waals surface area contributed by atoms with Crippen molar-refractivity contribution in [1.29, 1.82) is 0 Å². The molecule has 0 spiro atoms. The Bertz CT molecular complexity index is 315. The lowest BCUT2D eigenvalue weighted by Crippen LogP contribution is -2.29. The van der Waals surface area contributed by atoms with Gasteiger partial charge in [0.05, 0.1) is 12.2 Å². The maximum Gasteiger partial charge on any atom is 0.0649 e. The van der Waals surface area contributed by atoms with Crippen LogP contribution in [-0.4, -0.2) is 28.9 Å². The van der Waals surface area contributed by atoms with Gasteiger partial charge in [0.25, 0.3) is 0 Å². The van der Waals surface area contributed by atoms with Crippen molar-refractivity contribution in [3.05, 3.63) is 30.1 Å². The molecule has 0 radical (unpaired) electrons. The molecule has 1 aromatic heterocycles. The molecule has 1 N–H and O–H groups in total. The van der Waals surface area contributed by atoms with Crippen LogP contribution in [0, 0.1) is 5.92 Å². The second kappa shape index (κ2) is 5.41. The number of aliphatic hydroxyl groups excluding tert-OH is 1. The molecular formula is C13H19NO2.